The number of anilines is 3. The third-order valence-electron chi connectivity index (χ3n) is 6.17. The van der Waals surface area contributed by atoms with E-state index in [0.29, 0.717) is 11.7 Å². The smallest absolute Gasteiger partial charge is 0.263 e. The van der Waals surface area contributed by atoms with Gasteiger partial charge in [0.1, 0.15) is 0 Å². The van der Waals surface area contributed by atoms with Gasteiger partial charge < -0.3 is 9.80 Å². The number of aromatic nitrogens is 1. The van der Waals surface area contributed by atoms with Gasteiger partial charge in [0.25, 0.3) is 10.0 Å². The molecule has 5 rings (SSSR count). The molecule has 176 valence electrons. The second-order valence-corrected chi connectivity index (χ2v) is 10.7. The first kappa shape index (κ1) is 21.9. The van der Waals surface area contributed by atoms with E-state index in [2.05, 4.69) is 31.6 Å². The van der Waals surface area contributed by atoms with Gasteiger partial charge in [-0.15, -0.1) is 11.3 Å². The van der Waals surface area contributed by atoms with E-state index >= 15 is 0 Å². The number of carbonyl (C=O) groups is 1. The average molecular weight is 488 g/mol. The number of hydrogen-bond donors (Lipinski definition) is 1. The lowest BCUT2D eigenvalue weighted by molar-refractivity contribution is -0.121. The van der Waals surface area contributed by atoms with Gasteiger partial charge in [-0.3, -0.25) is 14.4 Å². The molecular weight excluding hydrogens is 458 g/mol. The number of benzene rings is 2. The van der Waals surface area contributed by atoms with E-state index in [1.54, 1.807) is 28.6 Å². The summed E-state index contributed by atoms with van der Waals surface area (Å²) in [4.78, 5) is 23.7. The molecule has 33 heavy (non-hydrogen) atoms. The number of para-hydroxylation sites is 1. The molecule has 1 amide bonds. The van der Waals surface area contributed by atoms with Crippen LogP contribution in [0.1, 0.15) is 9.27 Å². The Balaban J connectivity index is 0.00000171. The monoisotopic (exact) mass is 487 g/mol. The molecule has 3 heterocycles. The summed E-state index contributed by atoms with van der Waals surface area (Å²) >= 11 is 1.22. The summed E-state index contributed by atoms with van der Waals surface area (Å²) in [5.41, 5.74) is 1.94. The first-order valence-electron chi connectivity index (χ1n) is 10.9. The Kier molecular flexibility index (Phi) is 6.05. The topological polar surface area (TPSA) is 85.9 Å². The summed E-state index contributed by atoms with van der Waals surface area (Å²) in [6, 6.07) is 16.7. The highest BCUT2D eigenvalue weighted by molar-refractivity contribution is 7.93. The Hall–Kier alpha value is -2.95. The van der Waals surface area contributed by atoms with E-state index in [1.807, 2.05) is 18.2 Å². The molecule has 2 aromatic carbocycles. The molecule has 0 bridgehead atoms. The van der Waals surface area contributed by atoms with E-state index < -0.39 is 10.0 Å². The normalized spacial score (nSPS) is 19.8. The van der Waals surface area contributed by atoms with Gasteiger partial charge in [-0.2, -0.15) is 0 Å². The fraction of sp³-hybridized carbons (Fsp3) is 0.304. The third kappa shape index (κ3) is 4.59. The minimum Gasteiger partial charge on any atom is -0.369 e. The molecule has 1 atom stereocenters. The summed E-state index contributed by atoms with van der Waals surface area (Å²) in [5, 5.41) is 2.03. The number of sulfonamides is 1. The first-order valence-corrected chi connectivity index (χ1v) is 13.3. The second-order valence-electron chi connectivity index (χ2n) is 8.09. The Morgan fingerprint density at radius 3 is 2.33 bits per heavy atom. The summed E-state index contributed by atoms with van der Waals surface area (Å²) in [5.74, 6) is 0.0830. The van der Waals surface area contributed by atoms with Crippen molar-refractivity contribution < 1.29 is 16.1 Å². The molecule has 0 saturated carbocycles. The summed E-state index contributed by atoms with van der Waals surface area (Å²) in [7, 11) is -3.71. The van der Waals surface area contributed by atoms with E-state index in [4.69, 9.17) is 0 Å². The van der Waals surface area contributed by atoms with Crippen LogP contribution in [-0.2, 0) is 14.8 Å². The van der Waals surface area contributed by atoms with Crippen LogP contribution in [0.25, 0.3) is 0 Å². The maximum absolute atomic E-state index is 13.2. The molecule has 2 fully saturated rings. The maximum atomic E-state index is 13.2. The van der Waals surface area contributed by atoms with Gasteiger partial charge in [-0.25, -0.2) is 13.4 Å². The van der Waals surface area contributed by atoms with Gasteiger partial charge in [0.2, 0.25) is 5.91 Å². The molecule has 1 N–H and O–H groups in total. The summed E-state index contributed by atoms with van der Waals surface area (Å²) < 4.78 is 27.6. The molecule has 1 aromatic heterocycles. The SMILES string of the molecule is O=C1[C@@H](N2CCN(c3ccccc3)CC2)CCN1c1ccc(S(=O)(=O)Nc2nccs2)cc1.[HH].[HH]. The highest BCUT2D eigenvalue weighted by atomic mass is 32.2. The average Bonchev–Trinajstić information content (AvgIpc) is 3.49. The fourth-order valence-corrected chi connectivity index (χ4v) is 6.23. The Morgan fingerprint density at radius 2 is 1.67 bits per heavy atom. The molecule has 0 unspecified atom stereocenters. The largest absolute Gasteiger partial charge is 0.369 e. The van der Waals surface area contributed by atoms with Crippen molar-refractivity contribution in [2.24, 2.45) is 0 Å². The molecule has 3 aromatic rings. The van der Waals surface area contributed by atoms with Gasteiger partial charge in [-0.05, 0) is 42.8 Å². The Bertz CT molecular complexity index is 1200. The molecule has 2 saturated heterocycles. The predicted molar refractivity (Wildman–Crippen MR) is 135 cm³/mol. The van der Waals surface area contributed by atoms with E-state index in [-0.39, 0.29) is 19.7 Å². The third-order valence-corrected chi connectivity index (χ3v) is 8.34. The van der Waals surface area contributed by atoms with Crippen LogP contribution in [-0.4, -0.2) is 63.0 Å². The molecule has 0 spiro atoms. The molecule has 2 aliphatic heterocycles. The van der Waals surface area contributed by atoms with Crippen molar-refractivity contribution >= 4 is 43.8 Å². The summed E-state index contributed by atoms with van der Waals surface area (Å²) in [6.07, 6.45) is 2.32. The van der Waals surface area contributed by atoms with Gasteiger partial charge in [0, 0.05) is 58.5 Å². The van der Waals surface area contributed by atoms with E-state index in [1.165, 1.54) is 29.2 Å². The zero-order valence-corrected chi connectivity index (χ0v) is 19.6. The lowest BCUT2D eigenvalue weighted by Crippen LogP contribution is -2.52. The van der Waals surface area contributed by atoms with Crippen LogP contribution in [0.4, 0.5) is 16.5 Å². The van der Waals surface area contributed by atoms with Crippen molar-refractivity contribution in [1.82, 2.24) is 9.88 Å². The zero-order valence-electron chi connectivity index (χ0n) is 18.0. The van der Waals surface area contributed by atoms with Crippen molar-refractivity contribution in [3.63, 3.8) is 0 Å². The molecule has 2 aliphatic rings. The van der Waals surface area contributed by atoms with Gasteiger partial charge >= 0.3 is 0 Å². The molecule has 10 heteroatoms. The van der Waals surface area contributed by atoms with Crippen molar-refractivity contribution in [2.45, 2.75) is 17.4 Å². The molecular formula is C23H29N5O3S2. The lowest BCUT2D eigenvalue weighted by Gasteiger charge is -2.38. The van der Waals surface area contributed by atoms with Crippen LogP contribution >= 0.6 is 11.3 Å². The maximum Gasteiger partial charge on any atom is 0.263 e. The highest BCUT2D eigenvalue weighted by Crippen LogP contribution is 2.27. The first-order chi connectivity index (χ1) is 16.0. The van der Waals surface area contributed by atoms with Crippen molar-refractivity contribution in [3.05, 3.63) is 66.2 Å². The van der Waals surface area contributed by atoms with Gasteiger partial charge in [-0.1, -0.05) is 18.2 Å². The van der Waals surface area contributed by atoms with Crippen LogP contribution < -0.4 is 14.5 Å². The number of nitrogens with one attached hydrogen (secondary N) is 1. The number of amides is 1. The van der Waals surface area contributed by atoms with Gasteiger partial charge in [0.05, 0.1) is 10.9 Å². The van der Waals surface area contributed by atoms with Gasteiger partial charge in [0.15, 0.2) is 5.13 Å². The number of hydrogen-bond acceptors (Lipinski definition) is 7. The number of piperazine rings is 1. The van der Waals surface area contributed by atoms with Crippen molar-refractivity contribution in [3.8, 4) is 0 Å². The number of rotatable bonds is 6. The van der Waals surface area contributed by atoms with Crippen LogP contribution in [0.15, 0.2) is 71.1 Å². The molecule has 0 aliphatic carbocycles. The Morgan fingerprint density at radius 1 is 0.939 bits per heavy atom. The summed E-state index contributed by atoms with van der Waals surface area (Å²) in [6.45, 7) is 4.11. The highest BCUT2D eigenvalue weighted by Gasteiger charge is 2.37. The number of carbonyl (C=O) groups excluding carboxylic acids is 1. The van der Waals surface area contributed by atoms with Crippen LogP contribution in [0.3, 0.4) is 0 Å². The molecule has 0 radical (unpaired) electrons. The van der Waals surface area contributed by atoms with Crippen LogP contribution in [0.2, 0.25) is 0 Å². The second kappa shape index (κ2) is 9.12. The molecule has 8 nitrogen and oxygen atoms in total. The predicted octanol–water partition coefficient (Wildman–Crippen LogP) is 3.36. The van der Waals surface area contributed by atoms with E-state index in [0.717, 1.165) is 38.3 Å². The Labute approximate surface area is 200 Å². The lowest BCUT2D eigenvalue weighted by atomic mass is 10.1. The standard InChI is InChI=1S/C23H25N5O3S2.2H2/c29-22-21(27-15-13-26(14-16-27)18-4-2-1-3-5-18)10-12-28(22)19-6-8-20(9-7-19)33(30,31)25-23-24-11-17-32-23;;/h1-9,11,17,21H,10,12-16H2,(H,24,25);2*1H/t21-;;/m0../s1. The van der Waals surface area contributed by atoms with Crippen molar-refractivity contribution in [2.75, 3.05) is 47.2 Å². The van der Waals surface area contributed by atoms with Crippen LogP contribution in [0.5, 0.6) is 0 Å². The minimum atomic E-state index is -3.71. The quantitative estimate of drug-likeness (QED) is 0.574. The minimum absolute atomic E-state index is 0. The van der Waals surface area contributed by atoms with Crippen molar-refractivity contribution in [1.29, 1.82) is 0 Å². The van der Waals surface area contributed by atoms with Crippen LogP contribution in [0, 0.1) is 0 Å². The zero-order chi connectivity index (χ0) is 22.8. The number of nitrogens with zero attached hydrogens (tertiary/aromatic N) is 4. The van der Waals surface area contributed by atoms with E-state index in [9.17, 15) is 13.2 Å². The fourth-order valence-electron chi connectivity index (χ4n) is 4.44. The number of thiazole rings is 1.